The molecule has 1 aromatic rings. The van der Waals surface area contributed by atoms with Crippen molar-refractivity contribution < 1.29 is 0 Å². The Balaban J connectivity index is 3.52. The van der Waals surface area contributed by atoms with Crippen molar-refractivity contribution in [1.29, 1.82) is 0 Å². The average molecular weight is 145 g/mol. The maximum Gasteiger partial charge on any atom is 0.342 e. The molecule has 0 spiro atoms. The van der Waals surface area contributed by atoms with Gasteiger partial charge in [-0.25, -0.2) is 9.89 Å². The van der Waals surface area contributed by atoms with Crippen LogP contribution in [0, 0.1) is 0 Å². The number of nitrogens with one attached hydrogen (secondary N) is 2. The Labute approximate surface area is 54.5 Å². The first-order valence-electron chi connectivity index (χ1n) is 2.08. The van der Waals surface area contributed by atoms with Crippen LogP contribution in [0.4, 0.5) is 0 Å². The first-order chi connectivity index (χ1) is 4.20. The molecule has 48 valence electrons. The quantitative estimate of drug-likeness (QED) is 0.399. The van der Waals surface area contributed by atoms with E-state index in [0.717, 1.165) is 0 Å². The second-order valence-electron chi connectivity index (χ2n) is 1.33. The molecule has 0 radical (unpaired) electrons. The number of rotatable bonds is 0. The summed E-state index contributed by atoms with van der Waals surface area (Å²) in [6, 6.07) is 0. The van der Waals surface area contributed by atoms with Crippen LogP contribution in [0.15, 0.2) is 14.6 Å². The second kappa shape index (κ2) is 2.06. The lowest BCUT2D eigenvalue weighted by Gasteiger charge is -1.82. The second-order valence-corrected chi connectivity index (χ2v) is 1.75. The standard InChI is InChI=1S/C3H3N3O2S/c7-1-2(9)5-6-3(8)4-1/h(H,5,9)(H2,4,6,7,8). The highest BCUT2D eigenvalue weighted by Gasteiger charge is 1.91. The van der Waals surface area contributed by atoms with Gasteiger partial charge in [0.05, 0.1) is 0 Å². The number of H-pyrrole nitrogens is 2. The fourth-order valence-corrected chi connectivity index (χ4v) is 0.447. The molecule has 1 heterocycles. The summed E-state index contributed by atoms with van der Waals surface area (Å²) in [5.74, 6) is 0. The van der Waals surface area contributed by atoms with E-state index >= 15 is 0 Å². The molecule has 0 unspecified atom stereocenters. The molecule has 0 saturated heterocycles. The number of thiol groups is 1. The van der Waals surface area contributed by atoms with Gasteiger partial charge < -0.3 is 0 Å². The number of aromatic amines is 2. The van der Waals surface area contributed by atoms with Crippen LogP contribution in [-0.2, 0) is 0 Å². The van der Waals surface area contributed by atoms with Crippen molar-refractivity contribution in [3.05, 3.63) is 20.8 Å². The summed E-state index contributed by atoms with van der Waals surface area (Å²) in [5.41, 5.74) is -1.21. The third kappa shape index (κ3) is 1.20. The minimum atomic E-state index is -0.627. The molecule has 0 aliphatic heterocycles. The molecule has 2 N–H and O–H groups in total. The number of aromatic nitrogens is 3. The summed E-state index contributed by atoms with van der Waals surface area (Å²) >= 11 is 3.62. The summed E-state index contributed by atoms with van der Waals surface area (Å²) in [6.45, 7) is 0. The maximum atomic E-state index is 10.4. The smallest absolute Gasteiger partial charge is 0.271 e. The van der Waals surface area contributed by atoms with Gasteiger partial charge in [0, 0.05) is 0 Å². The van der Waals surface area contributed by atoms with E-state index in [4.69, 9.17) is 0 Å². The minimum Gasteiger partial charge on any atom is -0.271 e. The van der Waals surface area contributed by atoms with Crippen molar-refractivity contribution in [2.45, 2.75) is 5.03 Å². The lowest BCUT2D eigenvalue weighted by atomic mass is 10.8. The van der Waals surface area contributed by atoms with Gasteiger partial charge in [-0.1, -0.05) is 0 Å². The monoisotopic (exact) mass is 145 g/mol. The summed E-state index contributed by atoms with van der Waals surface area (Å²) in [6.07, 6.45) is 0. The van der Waals surface area contributed by atoms with Crippen molar-refractivity contribution in [2.75, 3.05) is 0 Å². The zero-order chi connectivity index (χ0) is 6.85. The lowest BCUT2D eigenvalue weighted by molar-refractivity contribution is 0.810. The van der Waals surface area contributed by atoms with Gasteiger partial charge in [0.1, 0.15) is 0 Å². The molecule has 0 aliphatic rings. The van der Waals surface area contributed by atoms with E-state index in [1.807, 2.05) is 10.1 Å². The Kier molecular flexibility index (Phi) is 1.39. The molecule has 0 bridgehead atoms. The molecule has 1 aromatic heterocycles. The Hall–Kier alpha value is -1.04. The Bertz CT molecular complexity index is 313. The zero-order valence-corrected chi connectivity index (χ0v) is 5.11. The molecule has 0 amide bonds. The summed E-state index contributed by atoms with van der Waals surface area (Å²) in [5, 5.41) is 5.22. The van der Waals surface area contributed by atoms with Crippen LogP contribution in [0.3, 0.4) is 0 Å². The van der Waals surface area contributed by atoms with Crippen LogP contribution < -0.4 is 11.2 Å². The van der Waals surface area contributed by atoms with Crippen LogP contribution in [0.25, 0.3) is 0 Å². The normalized spacial score (nSPS) is 9.44. The van der Waals surface area contributed by atoms with E-state index in [0.29, 0.717) is 0 Å². The number of hydrogen-bond acceptors (Lipinski definition) is 4. The van der Waals surface area contributed by atoms with Gasteiger partial charge in [-0.05, 0) is 0 Å². The van der Waals surface area contributed by atoms with Crippen LogP contribution in [0.2, 0.25) is 0 Å². The number of nitrogens with zero attached hydrogens (tertiary/aromatic N) is 1. The number of hydrogen-bond donors (Lipinski definition) is 3. The topological polar surface area (TPSA) is 78.6 Å². The van der Waals surface area contributed by atoms with Crippen molar-refractivity contribution in [3.63, 3.8) is 0 Å². The molecule has 0 atom stereocenters. The minimum absolute atomic E-state index is 0.0467. The van der Waals surface area contributed by atoms with Gasteiger partial charge in [-0.15, -0.1) is 12.6 Å². The van der Waals surface area contributed by atoms with Crippen molar-refractivity contribution >= 4 is 12.6 Å². The highest BCUT2D eigenvalue weighted by atomic mass is 32.1. The van der Waals surface area contributed by atoms with E-state index in [-0.39, 0.29) is 5.03 Å². The first kappa shape index (κ1) is 6.09. The molecule has 0 fully saturated rings. The highest BCUT2D eigenvalue weighted by Crippen LogP contribution is 1.81. The molecule has 0 aliphatic carbocycles. The lowest BCUT2D eigenvalue weighted by Crippen LogP contribution is -2.24. The van der Waals surface area contributed by atoms with Crippen molar-refractivity contribution in [3.8, 4) is 0 Å². The third-order valence-electron chi connectivity index (χ3n) is 0.694. The SMILES string of the molecule is O=c1[nH]nc(S)c(=O)[nH]1. The van der Waals surface area contributed by atoms with Crippen LogP contribution >= 0.6 is 12.6 Å². The van der Waals surface area contributed by atoms with E-state index in [1.54, 1.807) is 0 Å². The van der Waals surface area contributed by atoms with Crippen molar-refractivity contribution in [1.82, 2.24) is 15.2 Å². The van der Waals surface area contributed by atoms with Crippen LogP contribution in [0.5, 0.6) is 0 Å². The summed E-state index contributed by atoms with van der Waals surface area (Å²) in [4.78, 5) is 22.6. The fraction of sp³-hybridized carbons (Fsp3) is 0. The van der Waals surface area contributed by atoms with Crippen molar-refractivity contribution in [2.24, 2.45) is 0 Å². The zero-order valence-electron chi connectivity index (χ0n) is 4.21. The first-order valence-corrected chi connectivity index (χ1v) is 2.53. The highest BCUT2D eigenvalue weighted by molar-refractivity contribution is 7.80. The molecule has 9 heavy (non-hydrogen) atoms. The van der Waals surface area contributed by atoms with Gasteiger partial charge in [0.25, 0.3) is 5.56 Å². The average Bonchev–Trinajstić information content (AvgIpc) is 1.80. The molecule has 1 rings (SSSR count). The Morgan fingerprint density at radius 2 is 2.11 bits per heavy atom. The van der Waals surface area contributed by atoms with E-state index in [2.05, 4.69) is 17.7 Å². The van der Waals surface area contributed by atoms with Gasteiger partial charge in [-0.2, -0.15) is 5.10 Å². The Morgan fingerprint density at radius 1 is 1.44 bits per heavy atom. The molecular weight excluding hydrogens is 142 g/mol. The van der Waals surface area contributed by atoms with Gasteiger partial charge in [-0.3, -0.25) is 9.78 Å². The van der Waals surface area contributed by atoms with E-state index < -0.39 is 11.2 Å². The molecule has 6 heteroatoms. The summed E-state index contributed by atoms with van der Waals surface area (Å²) in [7, 11) is 0. The van der Waals surface area contributed by atoms with E-state index in [9.17, 15) is 9.59 Å². The molecule has 0 aromatic carbocycles. The van der Waals surface area contributed by atoms with Gasteiger partial charge in [0.15, 0.2) is 5.03 Å². The molecular formula is C3H3N3O2S. The predicted molar refractivity (Wildman–Crippen MR) is 32.7 cm³/mol. The maximum absolute atomic E-state index is 10.4. The predicted octanol–water partition coefficient (Wildman–Crippen LogP) is -1.25. The van der Waals surface area contributed by atoms with Crippen LogP contribution in [-0.4, -0.2) is 15.2 Å². The Morgan fingerprint density at radius 3 is 2.56 bits per heavy atom. The van der Waals surface area contributed by atoms with Crippen LogP contribution in [0.1, 0.15) is 0 Å². The largest absolute Gasteiger partial charge is 0.342 e. The van der Waals surface area contributed by atoms with E-state index in [1.165, 1.54) is 0 Å². The summed E-state index contributed by atoms with van der Waals surface area (Å²) < 4.78 is 0. The fourth-order valence-electron chi connectivity index (χ4n) is 0.341. The molecule has 0 saturated carbocycles. The third-order valence-corrected chi connectivity index (χ3v) is 0.997. The van der Waals surface area contributed by atoms with Gasteiger partial charge in [0.2, 0.25) is 0 Å². The molecule has 5 nitrogen and oxygen atoms in total. The van der Waals surface area contributed by atoms with Gasteiger partial charge >= 0.3 is 5.69 Å².